The molecule has 0 aromatic carbocycles. The average Bonchev–Trinajstić information content (AvgIpc) is 2.17. The molecule has 0 bridgehead atoms. The van der Waals surface area contributed by atoms with Crippen molar-refractivity contribution in [1.82, 2.24) is 9.62 Å². The fraction of sp³-hybridized carbons (Fsp3) is 0.750. The van der Waals surface area contributed by atoms with Crippen LogP contribution in [0.1, 0.15) is 6.92 Å². The Labute approximate surface area is 79.7 Å². The van der Waals surface area contributed by atoms with E-state index in [1.807, 2.05) is 6.92 Å². The predicted octanol–water partition coefficient (Wildman–Crippen LogP) is -0.204. The van der Waals surface area contributed by atoms with Gasteiger partial charge in [0.1, 0.15) is 0 Å². The van der Waals surface area contributed by atoms with E-state index < -0.39 is 10.0 Å². The van der Waals surface area contributed by atoms with Gasteiger partial charge in [0.2, 0.25) is 10.0 Å². The second kappa shape index (κ2) is 4.21. The van der Waals surface area contributed by atoms with E-state index in [1.54, 1.807) is 6.08 Å². The number of hydrogen-bond donors (Lipinski definition) is 1. The van der Waals surface area contributed by atoms with Crippen LogP contribution in [-0.4, -0.2) is 44.2 Å². The minimum Gasteiger partial charge on any atom is -0.314 e. The fourth-order valence-corrected chi connectivity index (χ4v) is 3.02. The van der Waals surface area contributed by atoms with Gasteiger partial charge < -0.3 is 5.32 Å². The lowest BCUT2D eigenvalue weighted by Gasteiger charge is -2.23. The van der Waals surface area contributed by atoms with Crippen LogP contribution in [0.3, 0.4) is 0 Å². The van der Waals surface area contributed by atoms with E-state index in [2.05, 4.69) is 11.9 Å². The van der Waals surface area contributed by atoms with E-state index in [-0.39, 0.29) is 11.8 Å². The molecule has 1 heterocycles. The quantitative estimate of drug-likeness (QED) is 0.634. The van der Waals surface area contributed by atoms with Crippen molar-refractivity contribution in [3.05, 3.63) is 12.7 Å². The molecule has 0 spiro atoms. The average molecular weight is 204 g/mol. The van der Waals surface area contributed by atoms with Gasteiger partial charge in [-0.2, -0.15) is 4.31 Å². The van der Waals surface area contributed by atoms with Gasteiger partial charge in [-0.05, 0) is 6.92 Å². The number of nitrogens with zero attached hydrogens (tertiary/aromatic N) is 1. The van der Waals surface area contributed by atoms with E-state index in [0.29, 0.717) is 19.6 Å². The topological polar surface area (TPSA) is 49.4 Å². The molecule has 1 N–H and O–H groups in total. The lowest BCUT2D eigenvalue weighted by atomic mass is 10.3. The van der Waals surface area contributed by atoms with Crippen molar-refractivity contribution >= 4 is 10.0 Å². The van der Waals surface area contributed by atoms with Gasteiger partial charge in [0.15, 0.2) is 0 Å². The van der Waals surface area contributed by atoms with Crippen molar-refractivity contribution in [3.8, 4) is 0 Å². The van der Waals surface area contributed by atoms with E-state index in [4.69, 9.17) is 0 Å². The highest BCUT2D eigenvalue weighted by atomic mass is 32.2. The molecule has 1 unspecified atom stereocenters. The summed E-state index contributed by atoms with van der Waals surface area (Å²) < 4.78 is 24.8. The van der Waals surface area contributed by atoms with Crippen molar-refractivity contribution in [3.63, 3.8) is 0 Å². The van der Waals surface area contributed by atoms with Crippen molar-refractivity contribution < 1.29 is 8.42 Å². The molecule has 1 rings (SSSR count). The molecule has 0 aromatic rings. The van der Waals surface area contributed by atoms with Crippen LogP contribution in [0.15, 0.2) is 12.7 Å². The van der Waals surface area contributed by atoms with Gasteiger partial charge in [-0.3, -0.25) is 0 Å². The minimum atomic E-state index is -3.07. The largest absolute Gasteiger partial charge is 0.314 e. The first-order valence-corrected chi connectivity index (χ1v) is 6.00. The number of hydrogen-bond acceptors (Lipinski definition) is 3. The van der Waals surface area contributed by atoms with E-state index in [9.17, 15) is 8.42 Å². The van der Waals surface area contributed by atoms with E-state index in [1.165, 1.54) is 4.31 Å². The number of sulfonamides is 1. The van der Waals surface area contributed by atoms with Gasteiger partial charge in [-0.25, -0.2) is 8.42 Å². The first kappa shape index (κ1) is 10.7. The minimum absolute atomic E-state index is 0.0190. The third-order valence-electron chi connectivity index (χ3n) is 2.13. The standard InChI is InChI=1S/C8H16N2O2S/c1-3-5-10-8(2)7-9-4-6-13(10,11)12/h3,8-9H,1,4-7H2,2H3. The Morgan fingerprint density at radius 3 is 3.00 bits per heavy atom. The Bertz CT molecular complexity index is 274. The zero-order chi connectivity index (χ0) is 9.90. The summed E-state index contributed by atoms with van der Waals surface area (Å²) in [5.74, 6) is 0.186. The molecular formula is C8H16N2O2S. The van der Waals surface area contributed by atoms with Crippen molar-refractivity contribution in [2.24, 2.45) is 0 Å². The van der Waals surface area contributed by atoms with Gasteiger partial charge in [-0.15, -0.1) is 6.58 Å². The highest BCUT2D eigenvalue weighted by Crippen LogP contribution is 2.09. The van der Waals surface area contributed by atoms with Crippen molar-refractivity contribution in [1.29, 1.82) is 0 Å². The van der Waals surface area contributed by atoms with Crippen LogP contribution < -0.4 is 5.32 Å². The molecule has 1 fully saturated rings. The second-order valence-electron chi connectivity index (χ2n) is 3.23. The van der Waals surface area contributed by atoms with Crippen LogP contribution in [0.5, 0.6) is 0 Å². The molecule has 1 atom stereocenters. The summed E-state index contributed by atoms with van der Waals surface area (Å²) >= 11 is 0. The van der Waals surface area contributed by atoms with Gasteiger partial charge in [0.05, 0.1) is 5.75 Å². The first-order valence-electron chi connectivity index (χ1n) is 4.39. The SMILES string of the molecule is C=CCN1C(C)CNCCS1(=O)=O. The molecule has 1 aliphatic heterocycles. The number of nitrogens with one attached hydrogen (secondary N) is 1. The predicted molar refractivity (Wildman–Crippen MR) is 53.0 cm³/mol. The first-order chi connectivity index (χ1) is 6.08. The Morgan fingerprint density at radius 2 is 2.38 bits per heavy atom. The Kier molecular flexibility index (Phi) is 3.47. The summed E-state index contributed by atoms with van der Waals surface area (Å²) in [6.07, 6.45) is 1.62. The summed E-state index contributed by atoms with van der Waals surface area (Å²) in [6.45, 7) is 7.13. The van der Waals surface area contributed by atoms with Gasteiger partial charge in [0.25, 0.3) is 0 Å². The summed E-state index contributed by atoms with van der Waals surface area (Å²) in [7, 11) is -3.07. The molecule has 76 valence electrons. The Balaban J connectivity index is 2.86. The van der Waals surface area contributed by atoms with Crippen molar-refractivity contribution in [2.45, 2.75) is 13.0 Å². The molecule has 4 nitrogen and oxygen atoms in total. The van der Waals surface area contributed by atoms with Gasteiger partial charge in [0, 0.05) is 25.7 Å². The number of rotatable bonds is 2. The Hall–Kier alpha value is -0.390. The highest BCUT2D eigenvalue weighted by Gasteiger charge is 2.27. The molecule has 1 aliphatic rings. The molecule has 0 aromatic heterocycles. The molecule has 1 saturated heterocycles. The smallest absolute Gasteiger partial charge is 0.215 e. The summed E-state index contributed by atoms with van der Waals surface area (Å²) in [5.41, 5.74) is 0. The van der Waals surface area contributed by atoms with Gasteiger partial charge in [-0.1, -0.05) is 6.08 Å². The monoisotopic (exact) mass is 204 g/mol. The summed E-state index contributed by atoms with van der Waals surface area (Å²) in [4.78, 5) is 0. The third kappa shape index (κ3) is 2.52. The maximum absolute atomic E-state index is 11.6. The fourth-order valence-electron chi connectivity index (χ4n) is 1.43. The molecule has 0 aliphatic carbocycles. The normalized spacial score (nSPS) is 29.5. The molecule has 0 saturated carbocycles. The summed E-state index contributed by atoms with van der Waals surface area (Å²) in [5, 5.41) is 3.09. The third-order valence-corrected chi connectivity index (χ3v) is 4.08. The van der Waals surface area contributed by atoms with Gasteiger partial charge >= 0.3 is 0 Å². The molecule has 0 radical (unpaired) electrons. The highest BCUT2D eigenvalue weighted by molar-refractivity contribution is 7.89. The molecule has 0 amide bonds. The zero-order valence-corrected chi connectivity index (χ0v) is 8.68. The van der Waals surface area contributed by atoms with Crippen LogP contribution in [0.4, 0.5) is 0 Å². The maximum Gasteiger partial charge on any atom is 0.215 e. The zero-order valence-electron chi connectivity index (χ0n) is 7.86. The van der Waals surface area contributed by atoms with Crippen LogP contribution in [-0.2, 0) is 10.0 Å². The van der Waals surface area contributed by atoms with Crippen LogP contribution >= 0.6 is 0 Å². The lowest BCUT2D eigenvalue weighted by molar-refractivity contribution is 0.364. The van der Waals surface area contributed by atoms with Crippen LogP contribution in [0.25, 0.3) is 0 Å². The lowest BCUT2D eigenvalue weighted by Crippen LogP contribution is -2.40. The van der Waals surface area contributed by atoms with E-state index >= 15 is 0 Å². The van der Waals surface area contributed by atoms with Crippen molar-refractivity contribution in [2.75, 3.05) is 25.4 Å². The second-order valence-corrected chi connectivity index (χ2v) is 5.27. The maximum atomic E-state index is 11.6. The van der Waals surface area contributed by atoms with Crippen LogP contribution in [0, 0.1) is 0 Å². The van der Waals surface area contributed by atoms with Crippen LogP contribution in [0.2, 0.25) is 0 Å². The molecular weight excluding hydrogens is 188 g/mol. The molecule has 13 heavy (non-hydrogen) atoms. The summed E-state index contributed by atoms with van der Waals surface area (Å²) in [6, 6.07) is 0.0190. The molecule has 5 heteroatoms. The Morgan fingerprint density at radius 1 is 1.69 bits per heavy atom. The van der Waals surface area contributed by atoms with E-state index in [0.717, 1.165) is 0 Å².